The van der Waals surface area contributed by atoms with Crippen LogP contribution in [0.4, 0.5) is 0 Å². The molecule has 2 atom stereocenters. The lowest BCUT2D eigenvalue weighted by Crippen LogP contribution is -2.37. The van der Waals surface area contributed by atoms with Crippen LogP contribution in [0.5, 0.6) is 0 Å². The van der Waals surface area contributed by atoms with Gasteiger partial charge < -0.3 is 18.9 Å². The summed E-state index contributed by atoms with van der Waals surface area (Å²) in [7, 11) is 1.50. The Morgan fingerprint density at radius 2 is 0.680 bits per heavy atom. The molecule has 0 bridgehead atoms. The van der Waals surface area contributed by atoms with Gasteiger partial charge in [-0.2, -0.15) is 0 Å². The second kappa shape index (κ2) is 57.4. The summed E-state index contributed by atoms with van der Waals surface area (Å²) in [6, 6.07) is 0. The van der Waals surface area contributed by atoms with E-state index < -0.39 is 26.5 Å². The molecule has 0 spiro atoms. The van der Waals surface area contributed by atoms with Crippen molar-refractivity contribution in [3.05, 3.63) is 12.2 Å². The predicted molar refractivity (Wildman–Crippen MR) is 321 cm³/mol. The molecule has 0 saturated carbocycles. The monoisotopic (exact) mass is 1080 g/mol. The molecule has 446 valence electrons. The van der Waals surface area contributed by atoms with Crippen LogP contribution < -0.4 is 0 Å². The second-order valence-electron chi connectivity index (χ2n) is 23.9. The maximum atomic E-state index is 12.8. The van der Waals surface area contributed by atoms with Crippen LogP contribution in [0.2, 0.25) is 0 Å². The Morgan fingerprint density at radius 1 is 0.400 bits per heavy atom. The molecule has 0 radical (unpaired) electrons. The summed E-state index contributed by atoms with van der Waals surface area (Å²) in [6.45, 7) is 4.51. The smallest absolute Gasteiger partial charge is 0.462 e. The zero-order chi connectivity index (χ0) is 54.9. The first kappa shape index (κ1) is 73.8. The minimum Gasteiger partial charge on any atom is -0.462 e. The highest BCUT2D eigenvalue weighted by molar-refractivity contribution is 7.47. The van der Waals surface area contributed by atoms with Crippen molar-refractivity contribution in [3.63, 3.8) is 0 Å². The summed E-state index contributed by atoms with van der Waals surface area (Å²) in [4.78, 5) is 35.8. The highest BCUT2D eigenvalue weighted by Crippen LogP contribution is 2.43. The molecule has 75 heavy (non-hydrogen) atoms. The number of esters is 2. The minimum absolute atomic E-state index is 0.0365. The summed E-state index contributed by atoms with van der Waals surface area (Å²) >= 11 is 0. The molecule has 0 aliphatic carbocycles. The van der Waals surface area contributed by atoms with E-state index >= 15 is 0 Å². The molecule has 0 aliphatic heterocycles. The number of ether oxygens (including phenoxy) is 2. The van der Waals surface area contributed by atoms with Gasteiger partial charge in [-0.1, -0.05) is 302 Å². The standard InChI is InChI=1S/C65H128NO8P/c1-6-8-10-12-14-16-18-20-22-24-26-28-29-30-31-32-33-34-35-36-37-38-40-42-44-46-48-50-52-54-56-58-65(68)74-63(62-73-75(69,70)72-60-59-66(3,4)5)61-71-64(67)57-55-53-51-49-47-45-43-41-39-27-25-23-21-19-17-15-13-11-9-7-2/h24,26,63H,6-23,25,27-62H2,1-5H3/p+1/b26-24-. The molecule has 0 aromatic rings. The van der Waals surface area contributed by atoms with E-state index in [4.69, 9.17) is 18.5 Å². The van der Waals surface area contributed by atoms with Crippen LogP contribution in [0.3, 0.4) is 0 Å². The van der Waals surface area contributed by atoms with Crippen LogP contribution in [0.15, 0.2) is 12.2 Å². The Balaban J connectivity index is 4.00. The average molecular weight is 1080 g/mol. The zero-order valence-electron chi connectivity index (χ0n) is 50.8. The molecule has 9 nitrogen and oxygen atoms in total. The van der Waals surface area contributed by atoms with Gasteiger partial charge in [0.05, 0.1) is 27.7 Å². The lowest BCUT2D eigenvalue weighted by molar-refractivity contribution is -0.870. The molecule has 0 heterocycles. The molecular formula is C65H129NO8P+. The molecule has 0 aromatic heterocycles. The Morgan fingerprint density at radius 3 is 0.987 bits per heavy atom. The van der Waals surface area contributed by atoms with Crippen LogP contribution in [-0.4, -0.2) is 74.9 Å². The van der Waals surface area contributed by atoms with E-state index in [1.54, 1.807) is 0 Å². The van der Waals surface area contributed by atoms with E-state index in [0.717, 1.165) is 38.5 Å². The maximum Gasteiger partial charge on any atom is 0.472 e. The molecule has 0 aromatic carbocycles. The number of phosphoric acid groups is 1. The van der Waals surface area contributed by atoms with Gasteiger partial charge in [0.1, 0.15) is 19.8 Å². The summed E-state index contributed by atoms with van der Waals surface area (Å²) in [5.74, 6) is -0.773. The molecule has 0 aliphatic rings. The molecule has 0 amide bonds. The third kappa shape index (κ3) is 61.8. The Labute approximate surface area is 466 Å². The number of rotatable bonds is 62. The first-order chi connectivity index (χ1) is 36.5. The normalized spacial score (nSPS) is 13.2. The molecule has 2 unspecified atom stereocenters. The van der Waals surface area contributed by atoms with Crippen molar-refractivity contribution in [2.24, 2.45) is 0 Å². The fourth-order valence-corrected chi connectivity index (χ4v) is 10.7. The number of hydrogen-bond acceptors (Lipinski definition) is 7. The lowest BCUT2D eigenvalue weighted by atomic mass is 10.0. The summed E-state index contributed by atoms with van der Waals surface area (Å²) in [5, 5.41) is 0. The number of likely N-dealkylation sites (N-methyl/N-ethyl adjacent to an activating group) is 1. The fraction of sp³-hybridized carbons (Fsp3) is 0.938. The Bertz CT molecular complexity index is 1270. The van der Waals surface area contributed by atoms with E-state index in [-0.39, 0.29) is 25.6 Å². The quantitative estimate of drug-likeness (QED) is 0.0211. The largest absolute Gasteiger partial charge is 0.472 e. The van der Waals surface area contributed by atoms with Crippen molar-refractivity contribution in [2.45, 2.75) is 347 Å². The molecule has 1 N–H and O–H groups in total. The zero-order valence-corrected chi connectivity index (χ0v) is 51.7. The van der Waals surface area contributed by atoms with Crippen molar-refractivity contribution in [1.29, 1.82) is 0 Å². The van der Waals surface area contributed by atoms with E-state index in [1.165, 1.54) is 276 Å². The van der Waals surface area contributed by atoms with Gasteiger partial charge in [0, 0.05) is 12.8 Å². The van der Waals surface area contributed by atoms with Crippen LogP contribution >= 0.6 is 7.82 Å². The highest BCUT2D eigenvalue weighted by Gasteiger charge is 2.27. The van der Waals surface area contributed by atoms with Gasteiger partial charge in [0.25, 0.3) is 0 Å². The summed E-state index contributed by atoms with van der Waals surface area (Å²) < 4.78 is 34.7. The maximum absolute atomic E-state index is 12.8. The van der Waals surface area contributed by atoms with E-state index in [2.05, 4.69) is 26.0 Å². The van der Waals surface area contributed by atoms with Gasteiger partial charge >= 0.3 is 19.8 Å². The van der Waals surface area contributed by atoms with Gasteiger partial charge in [0.2, 0.25) is 0 Å². The SMILES string of the molecule is CCCCCCCCCC/C=C\CCCCCCCCCCCCCCCCCCCCCC(=O)OC(COC(=O)CCCCCCCCCCCCCCCCCCCCCC)COP(=O)(O)OCC[N+](C)(C)C. The van der Waals surface area contributed by atoms with Crippen LogP contribution in [0, 0.1) is 0 Å². The average Bonchev–Trinajstić information content (AvgIpc) is 3.37. The Hall–Kier alpha value is -1.25. The van der Waals surface area contributed by atoms with Crippen molar-refractivity contribution < 1.29 is 42.1 Å². The summed E-state index contributed by atoms with van der Waals surface area (Å²) in [6.07, 6.45) is 68.8. The second-order valence-corrected chi connectivity index (χ2v) is 25.3. The molecule has 10 heteroatoms. The predicted octanol–water partition coefficient (Wildman–Crippen LogP) is 20.8. The van der Waals surface area contributed by atoms with Gasteiger partial charge in [-0.3, -0.25) is 18.6 Å². The van der Waals surface area contributed by atoms with Crippen LogP contribution in [0.25, 0.3) is 0 Å². The van der Waals surface area contributed by atoms with Crippen molar-refractivity contribution in [1.82, 2.24) is 0 Å². The number of unbranched alkanes of at least 4 members (excludes halogenated alkanes) is 46. The number of allylic oxidation sites excluding steroid dienone is 2. The number of hydrogen-bond donors (Lipinski definition) is 1. The Kier molecular flexibility index (Phi) is 56.5. The first-order valence-corrected chi connectivity index (χ1v) is 34.4. The first-order valence-electron chi connectivity index (χ1n) is 32.9. The molecule has 0 rings (SSSR count). The molecule has 0 fully saturated rings. The highest BCUT2D eigenvalue weighted by atomic mass is 31.2. The third-order valence-corrected chi connectivity index (χ3v) is 16.0. The van der Waals surface area contributed by atoms with E-state index in [9.17, 15) is 19.0 Å². The van der Waals surface area contributed by atoms with Crippen molar-refractivity contribution >= 4 is 19.8 Å². The minimum atomic E-state index is -4.38. The number of phosphoric ester groups is 1. The van der Waals surface area contributed by atoms with Gasteiger partial charge in [0.15, 0.2) is 6.10 Å². The molecule has 0 saturated heterocycles. The van der Waals surface area contributed by atoms with Gasteiger partial charge in [-0.25, -0.2) is 4.57 Å². The van der Waals surface area contributed by atoms with E-state index in [1.807, 2.05) is 21.1 Å². The lowest BCUT2D eigenvalue weighted by Gasteiger charge is -2.24. The van der Waals surface area contributed by atoms with Gasteiger partial charge in [-0.05, 0) is 38.5 Å². The number of carbonyl (C=O) groups excluding carboxylic acids is 2. The number of nitrogens with zero attached hydrogens (tertiary/aromatic N) is 1. The molecular weight excluding hydrogens is 954 g/mol. The van der Waals surface area contributed by atoms with E-state index in [0.29, 0.717) is 17.4 Å². The number of carbonyl (C=O) groups is 2. The van der Waals surface area contributed by atoms with Gasteiger partial charge in [-0.15, -0.1) is 0 Å². The van der Waals surface area contributed by atoms with Crippen molar-refractivity contribution in [3.8, 4) is 0 Å². The number of quaternary nitrogens is 1. The fourth-order valence-electron chi connectivity index (χ4n) is 9.96. The summed E-state index contributed by atoms with van der Waals surface area (Å²) in [5.41, 5.74) is 0. The van der Waals surface area contributed by atoms with Crippen LogP contribution in [-0.2, 0) is 32.7 Å². The topological polar surface area (TPSA) is 108 Å². The van der Waals surface area contributed by atoms with Crippen molar-refractivity contribution in [2.75, 3.05) is 47.5 Å². The van der Waals surface area contributed by atoms with Crippen LogP contribution in [0.1, 0.15) is 341 Å². The third-order valence-electron chi connectivity index (χ3n) is 15.0.